The molecule has 106 valence electrons. The molecule has 1 aliphatic carbocycles. The van der Waals surface area contributed by atoms with Crippen LogP contribution >= 0.6 is 0 Å². The maximum atomic E-state index is 12.5. The Kier molecular flexibility index (Phi) is 5.34. The van der Waals surface area contributed by atoms with E-state index in [0.29, 0.717) is 19.4 Å². The Balaban J connectivity index is 2.72. The van der Waals surface area contributed by atoms with Gasteiger partial charge in [-0.2, -0.15) is 5.26 Å². The van der Waals surface area contributed by atoms with Gasteiger partial charge >= 0.3 is 0 Å². The van der Waals surface area contributed by atoms with Crippen molar-refractivity contribution in [2.24, 2.45) is 5.41 Å². The molecule has 5 heteroatoms. The number of carbonyl (C=O) groups is 2. The van der Waals surface area contributed by atoms with Crippen LogP contribution in [-0.4, -0.2) is 35.8 Å². The van der Waals surface area contributed by atoms with Gasteiger partial charge in [-0.25, -0.2) is 0 Å². The van der Waals surface area contributed by atoms with E-state index in [0.717, 1.165) is 12.8 Å². The number of amides is 2. The third-order valence-electron chi connectivity index (χ3n) is 3.53. The van der Waals surface area contributed by atoms with Gasteiger partial charge in [-0.15, -0.1) is 0 Å². The first kappa shape index (κ1) is 15.5. The first-order valence-corrected chi connectivity index (χ1v) is 6.95. The molecule has 0 aromatic rings. The van der Waals surface area contributed by atoms with Crippen molar-refractivity contribution in [1.82, 2.24) is 10.2 Å². The molecule has 1 N–H and O–H groups in total. The fourth-order valence-corrected chi connectivity index (χ4v) is 2.52. The number of likely N-dealkylation sites (N-methyl/N-ethyl adjacent to an activating group) is 1. The smallest absolute Gasteiger partial charge is 0.243 e. The van der Waals surface area contributed by atoms with Crippen molar-refractivity contribution < 1.29 is 9.59 Å². The summed E-state index contributed by atoms with van der Waals surface area (Å²) in [6.45, 7) is 6.08. The minimum absolute atomic E-state index is 0.0386. The number of carbonyl (C=O) groups excluding carboxylic acids is 2. The zero-order valence-electron chi connectivity index (χ0n) is 12.0. The Morgan fingerprint density at radius 2 is 1.95 bits per heavy atom. The Bertz CT molecular complexity index is 379. The average Bonchev–Trinajstić information content (AvgIpc) is 2.84. The van der Waals surface area contributed by atoms with Crippen LogP contribution in [0.4, 0.5) is 0 Å². The lowest BCUT2D eigenvalue weighted by Crippen LogP contribution is -2.47. The molecule has 0 saturated heterocycles. The van der Waals surface area contributed by atoms with Crippen molar-refractivity contribution in [3.8, 4) is 6.07 Å². The van der Waals surface area contributed by atoms with Gasteiger partial charge in [-0.1, -0.05) is 12.8 Å². The molecule has 0 heterocycles. The second kappa shape index (κ2) is 6.55. The van der Waals surface area contributed by atoms with Crippen molar-refractivity contribution in [1.29, 1.82) is 5.26 Å². The summed E-state index contributed by atoms with van der Waals surface area (Å²) in [5.41, 5.74) is -0.895. The van der Waals surface area contributed by atoms with Crippen molar-refractivity contribution in [3.05, 3.63) is 0 Å². The molecule has 0 unspecified atom stereocenters. The van der Waals surface area contributed by atoms with E-state index in [1.54, 1.807) is 0 Å². The van der Waals surface area contributed by atoms with Gasteiger partial charge in [-0.3, -0.25) is 9.59 Å². The second-order valence-electron chi connectivity index (χ2n) is 5.44. The molecule has 1 aliphatic rings. The summed E-state index contributed by atoms with van der Waals surface area (Å²) < 4.78 is 0. The molecule has 5 nitrogen and oxygen atoms in total. The van der Waals surface area contributed by atoms with Gasteiger partial charge in [0, 0.05) is 12.6 Å². The largest absolute Gasteiger partial charge is 0.352 e. The van der Waals surface area contributed by atoms with Crippen LogP contribution < -0.4 is 5.32 Å². The Morgan fingerprint density at radius 3 is 2.37 bits per heavy atom. The number of nitrogens with zero attached hydrogens (tertiary/aromatic N) is 2. The van der Waals surface area contributed by atoms with E-state index >= 15 is 0 Å². The molecule has 1 fully saturated rings. The second-order valence-corrected chi connectivity index (χ2v) is 5.44. The van der Waals surface area contributed by atoms with Gasteiger partial charge in [0.15, 0.2) is 0 Å². The fraction of sp³-hybridized carbons (Fsp3) is 0.786. The summed E-state index contributed by atoms with van der Waals surface area (Å²) in [4.78, 5) is 25.7. The fourth-order valence-electron chi connectivity index (χ4n) is 2.52. The third-order valence-corrected chi connectivity index (χ3v) is 3.53. The number of hydrogen-bond acceptors (Lipinski definition) is 3. The molecule has 0 bridgehead atoms. The normalized spacial score (nSPS) is 17.0. The Labute approximate surface area is 115 Å². The van der Waals surface area contributed by atoms with E-state index < -0.39 is 5.41 Å². The highest BCUT2D eigenvalue weighted by Crippen LogP contribution is 2.39. The van der Waals surface area contributed by atoms with Crippen molar-refractivity contribution in [2.45, 2.75) is 52.5 Å². The van der Waals surface area contributed by atoms with Crippen molar-refractivity contribution >= 4 is 11.8 Å². The Morgan fingerprint density at radius 1 is 1.37 bits per heavy atom. The van der Waals surface area contributed by atoms with E-state index in [2.05, 4.69) is 11.4 Å². The Hall–Kier alpha value is -1.57. The van der Waals surface area contributed by atoms with Crippen LogP contribution in [0.25, 0.3) is 0 Å². The van der Waals surface area contributed by atoms with Crippen LogP contribution in [0.3, 0.4) is 0 Å². The molecule has 0 aromatic carbocycles. The van der Waals surface area contributed by atoms with E-state index in [-0.39, 0.29) is 24.4 Å². The topological polar surface area (TPSA) is 73.2 Å². The van der Waals surface area contributed by atoms with Gasteiger partial charge in [0.25, 0.3) is 0 Å². The zero-order valence-corrected chi connectivity index (χ0v) is 12.0. The summed E-state index contributed by atoms with van der Waals surface area (Å²) in [6.07, 6.45) is 3.05. The van der Waals surface area contributed by atoms with Crippen LogP contribution in [0.15, 0.2) is 0 Å². The zero-order chi connectivity index (χ0) is 14.5. The van der Waals surface area contributed by atoms with Crippen molar-refractivity contribution in [3.63, 3.8) is 0 Å². The molecule has 19 heavy (non-hydrogen) atoms. The lowest BCUT2D eigenvalue weighted by molar-refractivity contribution is -0.142. The minimum atomic E-state index is -0.895. The van der Waals surface area contributed by atoms with E-state index in [1.807, 2.05) is 20.8 Å². The van der Waals surface area contributed by atoms with Gasteiger partial charge < -0.3 is 10.2 Å². The molecule has 1 saturated carbocycles. The number of hydrogen-bond donors (Lipinski definition) is 1. The first-order valence-electron chi connectivity index (χ1n) is 6.95. The van der Waals surface area contributed by atoms with Crippen molar-refractivity contribution in [2.75, 3.05) is 13.1 Å². The molecule has 1 rings (SSSR count). The molecule has 0 atom stereocenters. The first-order chi connectivity index (χ1) is 8.95. The molecule has 2 amide bonds. The summed E-state index contributed by atoms with van der Waals surface area (Å²) in [6, 6.07) is 2.24. The number of rotatable bonds is 5. The SMILES string of the molecule is CCN(CC(=O)NC(C)C)C(=O)C1(C#N)CCCC1. The van der Waals surface area contributed by atoms with E-state index in [4.69, 9.17) is 0 Å². The monoisotopic (exact) mass is 265 g/mol. The van der Waals surface area contributed by atoms with Crippen LogP contribution in [0.2, 0.25) is 0 Å². The molecule has 0 aliphatic heterocycles. The van der Waals surface area contributed by atoms with Gasteiger partial charge in [0.2, 0.25) is 11.8 Å². The van der Waals surface area contributed by atoms with Gasteiger partial charge in [0.05, 0.1) is 12.6 Å². The van der Waals surface area contributed by atoms with E-state index in [9.17, 15) is 14.9 Å². The van der Waals surface area contributed by atoms with Crippen LogP contribution in [0.1, 0.15) is 46.5 Å². The number of nitrogens with one attached hydrogen (secondary N) is 1. The predicted octanol–water partition coefficient (Wildman–Crippen LogP) is 1.44. The predicted molar refractivity (Wildman–Crippen MR) is 72.0 cm³/mol. The summed E-state index contributed by atoms with van der Waals surface area (Å²) in [7, 11) is 0. The molecule has 0 aromatic heterocycles. The van der Waals surface area contributed by atoms with Gasteiger partial charge in [0.1, 0.15) is 5.41 Å². The highest BCUT2D eigenvalue weighted by molar-refractivity contribution is 5.90. The quantitative estimate of drug-likeness (QED) is 0.817. The van der Waals surface area contributed by atoms with Crippen LogP contribution in [0.5, 0.6) is 0 Å². The number of nitriles is 1. The highest BCUT2D eigenvalue weighted by Gasteiger charge is 2.43. The van der Waals surface area contributed by atoms with Crippen LogP contribution in [-0.2, 0) is 9.59 Å². The van der Waals surface area contributed by atoms with Crippen LogP contribution in [0, 0.1) is 16.7 Å². The van der Waals surface area contributed by atoms with Gasteiger partial charge in [-0.05, 0) is 33.6 Å². The maximum Gasteiger partial charge on any atom is 0.243 e. The summed E-state index contributed by atoms with van der Waals surface area (Å²) in [5.74, 6) is -0.356. The third kappa shape index (κ3) is 3.69. The van der Waals surface area contributed by atoms with E-state index in [1.165, 1.54) is 4.90 Å². The molecular weight excluding hydrogens is 242 g/mol. The highest BCUT2D eigenvalue weighted by atomic mass is 16.2. The summed E-state index contributed by atoms with van der Waals surface area (Å²) >= 11 is 0. The minimum Gasteiger partial charge on any atom is -0.352 e. The molecular formula is C14H23N3O2. The molecule has 0 spiro atoms. The molecule has 0 radical (unpaired) electrons. The lowest BCUT2D eigenvalue weighted by Gasteiger charge is -2.28. The lowest BCUT2D eigenvalue weighted by atomic mass is 9.86. The maximum absolute atomic E-state index is 12.5. The standard InChI is InChI=1S/C14H23N3O2/c1-4-17(9-12(18)16-11(2)3)13(19)14(10-15)7-5-6-8-14/h11H,4-9H2,1-3H3,(H,16,18). The summed E-state index contributed by atoms with van der Waals surface area (Å²) in [5, 5.41) is 12.1. The average molecular weight is 265 g/mol.